The van der Waals surface area contributed by atoms with Crippen LogP contribution in [0.2, 0.25) is 0 Å². The van der Waals surface area contributed by atoms with Crippen molar-refractivity contribution in [3.8, 4) is 10.7 Å². The maximum Gasteiger partial charge on any atom is 0.233 e. The van der Waals surface area contributed by atoms with E-state index in [1.165, 1.54) is 11.8 Å². The number of aromatic amines is 1. The van der Waals surface area contributed by atoms with E-state index in [1.807, 2.05) is 24.4 Å². The monoisotopic (exact) mass is 294 g/mol. The molecule has 0 aliphatic heterocycles. The predicted octanol–water partition coefficient (Wildman–Crippen LogP) is 2.32. The fourth-order valence-corrected chi connectivity index (χ4v) is 2.76. The van der Waals surface area contributed by atoms with E-state index in [2.05, 4.69) is 27.1 Å². The molecule has 0 fully saturated rings. The molecule has 0 saturated heterocycles. The molecule has 2 aromatic rings. The largest absolute Gasteiger partial charge is 0.352 e. The Balaban J connectivity index is 1.96. The van der Waals surface area contributed by atoms with Gasteiger partial charge in [0.1, 0.15) is 0 Å². The molecule has 1 atom stereocenters. The highest BCUT2D eigenvalue weighted by Crippen LogP contribution is 2.25. The van der Waals surface area contributed by atoms with Crippen LogP contribution in [-0.2, 0) is 4.79 Å². The zero-order valence-corrected chi connectivity index (χ0v) is 12.1. The summed E-state index contributed by atoms with van der Waals surface area (Å²) in [6, 6.07) is 3.93. The first-order chi connectivity index (χ1) is 9.20. The SMILES string of the molecule is C=CCNC(=O)[C@@H](C)Sc1n[nH]c(-c2cccs2)n1. The fraction of sp³-hybridized carbons (Fsp3) is 0.250. The van der Waals surface area contributed by atoms with E-state index in [4.69, 9.17) is 0 Å². The lowest BCUT2D eigenvalue weighted by Crippen LogP contribution is -2.30. The highest BCUT2D eigenvalue weighted by molar-refractivity contribution is 8.00. The van der Waals surface area contributed by atoms with Crippen molar-refractivity contribution in [2.75, 3.05) is 6.54 Å². The van der Waals surface area contributed by atoms with Gasteiger partial charge < -0.3 is 5.32 Å². The summed E-state index contributed by atoms with van der Waals surface area (Å²) in [7, 11) is 0. The third kappa shape index (κ3) is 3.68. The zero-order chi connectivity index (χ0) is 13.7. The summed E-state index contributed by atoms with van der Waals surface area (Å²) in [6.07, 6.45) is 1.65. The summed E-state index contributed by atoms with van der Waals surface area (Å²) in [6.45, 7) is 5.85. The first-order valence-electron chi connectivity index (χ1n) is 5.72. The van der Waals surface area contributed by atoms with Gasteiger partial charge in [0.25, 0.3) is 0 Å². The standard InChI is InChI=1S/C12H14N4OS2/c1-3-6-13-11(17)8(2)19-12-14-10(15-16-12)9-5-4-7-18-9/h3-5,7-8H,1,6H2,2H3,(H,13,17)(H,14,15,16)/t8-/m1/s1. The van der Waals surface area contributed by atoms with Gasteiger partial charge in [-0.1, -0.05) is 23.9 Å². The molecule has 5 nitrogen and oxygen atoms in total. The second-order valence-corrected chi connectivity index (χ2v) is 5.99. The lowest BCUT2D eigenvalue weighted by molar-refractivity contribution is -0.120. The van der Waals surface area contributed by atoms with Crippen molar-refractivity contribution in [2.45, 2.75) is 17.3 Å². The maximum atomic E-state index is 11.7. The Kier molecular flexibility index (Phi) is 4.75. The summed E-state index contributed by atoms with van der Waals surface area (Å²) in [5.41, 5.74) is 0. The summed E-state index contributed by atoms with van der Waals surface area (Å²) < 4.78 is 0. The topological polar surface area (TPSA) is 70.7 Å². The second-order valence-electron chi connectivity index (χ2n) is 3.74. The van der Waals surface area contributed by atoms with Gasteiger partial charge >= 0.3 is 0 Å². The molecule has 19 heavy (non-hydrogen) atoms. The van der Waals surface area contributed by atoms with E-state index in [0.29, 0.717) is 11.7 Å². The molecule has 0 bridgehead atoms. The van der Waals surface area contributed by atoms with E-state index in [0.717, 1.165) is 10.7 Å². The Morgan fingerprint density at radius 2 is 2.58 bits per heavy atom. The van der Waals surface area contributed by atoms with Gasteiger partial charge in [0.2, 0.25) is 11.1 Å². The minimum atomic E-state index is -0.244. The number of hydrogen-bond acceptors (Lipinski definition) is 5. The number of nitrogens with one attached hydrogen (secondary N) is 2. The lowest BCUT2D eigenvalue weighted by Gasteiger charge is -2.07. The molecule has 0 saturated carbocycles. The number of thioether (sulfide) groups is 1. The number of rotatable bonds is 6. The van der Waals surface area contributed by atoms with Crippen LogP contribution in [0.3, 0.4) is 0 Å². The molecule has 0 aliphatic carbocycles. The molecule has 0 unspecified atom stereocenters. The van der Waals surface area contributed by atoms with Crippen LogP contribution in [0.4, 0.5) is 0 Å². The third-order valence-electron chi connectivity index (χ3n) is 2.29. The van der Waals surface area contributed by atoms with Crippen LogP contribution >= 0.6 is 23.1 Å². The van der Waals surface area contributed by atoms with Crippen molar-refractivity contribution in [1.29, 1.82) is 0 Å². The molecule has 2 rings (SSSR count). The second kappa shape index (κ2) is 6.53. The van der Waals surface area contributed by atoms with E-state index in [1.54, 1.807) is 17.4 Å². The molecule has 100 valence electrons. The molecule has 2 aromatic heterocycles. The molecule has 2 heterocycles. The van der Waals surface area contributed by atoms with Gasteiger partial charge in [0.05, 0.1) is 10.1 Å². The predicted molar refractivity (Wildman–Crippen MR) is 78.2 cm³/mol. The molecule has 0 aliphatic rings. The van der Waals surface area contributed by atoms with Gasteiger partial charge in [-0.2, -0.15) is 0 Å². The van der Waals surface area contributed by atoms with Crippen molar-refractivity contribution < 1.29 is 4.79 Å². The molecule has 1 amide bonds. The quantitative estimate of drug-likeness (QED) is 0.633. The van der Waals surface area contributed by atoms with E-state index < -0.39 is 0 Å². The van der Waals surface area contributed by atoms with E-state index in [9.17, 15) is 4.79 Å². The Bertz CT molecular complexity index is 550. The number of H-pyrrole nitrogens is 1. The number of thiophene rings is 1. The average Bonchev–Trinajstić information content (AvgIpc) is 3.05. The number of hydrogen-bond donors (Lipinski definition) is 2. The zero-order valence-electron chi connectivity index (χ0n) is 10.4. The van der Waals surface area contributed by atoms with Crippen molar-refractivity contribution in [3.05, 3.63) is 30.2 Å². The number of nitrogens with zero attached hydrogens (tertiary/aromatic N) is 2. The molecular weight excluding hydrogens is 280 g/mol. The number of amides is 1. The Hall–Kier alpha value is -1.60. The van der Waals surface area contributed by atoms with Gasteiger partial charge in [-0.15, -0.1) is 23.0 Å². The van der Waals surface area contributed by atoms with Crippen LogP contribution in [0.1, 0.15) is 6.92 Å². The number of carbonyl (C=O) groups is 1. The summed E-state index contributed by atoms with van der Waals surface area (Å²) in [5, 5.41) is 12.0. The Labute approximate surface area is 119 Å². The molecular formula is C12H14N4OS2. The third-order valence-corrected chi connectivity index (χ3v) is 4.13. The lowest BCUT2D eigenvalue weighted by atomic mass is 10.4. The highest BCUT2D eigenvalue weighted by atomic mass is 32.2. The molecule has 0 spiro atoms. The fourth-order valence-electron chi connectivity index (χ4n) is 1.35. The normalized spacial score (nSPS) is 12.1. The van der Waals surface area contributed by atoms with E-state index in [-0.39, 0.29) is 11.2 Å². The van der Waals surface area contributed by atoms with Crippen molar-refractivity contribution in [1.82, 2.24) is 20.5 Å². The number of carbonyl (C=O) groups excluding carboxylic acids is 1. The minimum Gasteiger partial charge on any atom is -0.352 e. The first kappa shape index (κ1) is 13.8. The van der Waals surface area contributed by atoms with Crippen molar-refractivity contribution in [2.24, 2.45) is 0 Å². The van der Waals surface area contributed by atoms with Crippen LogP contribution in [0.15, 0.2) is 35.3 Å². The first-order valence-corrected chi connectivity index (χ1v) is 7.48. The van der Waals surface area contributed by atoms with Gasteiger partial charge in [-0.05, 0) is 18.4 Å². The highest BCUT2D eigenvalue weighted by Gasteiger charge is 2.16. The van der Waals surface area contributed by atoms with E-state index >= 15 is 0 Å². The number of aromatic nitrogens is 3. The Morgan fingerprint density at radius 3 is 3.26 bits per heavy atom. The Morgan fingerprint density at radius 1 is 1.74 bits per heavy atom. The molecule has 2 N–H and O–H groups in total. The summed E-state index contributed by atoms with van der Waals surface area (Å²) >= 11 is 2.92. The van der Waals surface area contributed by atoms with Crippen LogP contribution in [0.25, 0.3) is 10.7 Å². The van der Waals surface area contributed by atoms with Gasteiger partial charge in [0, 0.05) is 6.54 Å². The van der Waals surface area contributed by atoms with Gasteiger partial charge in [0.15, 0.2) is 5.82 Å². The molecule has 0 aromatic carbocycles. The minimum absolute atomic E-state index is 0.0487. The van der Waals surface area contributed by atoms with Crippen LogP contribution < -0.4 is 5.32 Å². The maximum absolute atomic E-state index is 11.7. The van der Waals surface area contributed by atoms with Gasteiger partial charge in [-0.3, -0.25) is 9.89 Å². The molecule has 7 heteroatoms. The summed E-state index contributed by atoms with van der Waals surface area (Å²) in [4.78, 5) is 17.1. The van der Waals surface area contributed by atoms with Crippen molar-refractivity contribution in [3.63, 3.8) is 0 Å². The van der Waals surface area contributed by atoms with Crippen LogP contribution in [-0.4, -0.2) is 32.9 Å². The van der Waals surface area contributed by atoms with Crippen LogP contribution in [0.5, 0.6) is 0 Å². The van der Waals surface area contributed by atoms with Gasteiger partial charge in [-0.25, -0.2) is 4.98 Å². The molecule has 0 radical (unpaired) electrons. The van der Waals surface area contributed by atoms with Crippen LogP contribution in [0, 0.1) is 0 Å². The van der Waals surface area contributed by atoms with Crippen molar-refractivity contribution >= 4 is 29.0 Å². The summed E-state index contributed by atoms with van der Waals surface area (Å²) in [5.74, 6) is 0.684. The smallest absolute Gasteiger partial charge is 0.233 e. The average molecular weight is 294 g/mol.